The van der Waals surface area contributed by atoms with E-state index in [-0.39, 0.29) is 0 Å². The number of fused-ring (bicyclic) bond motifs is 2. The largest absolute Gasteiger partial charge is 0.312 e. The van der Waals surface area contributed by atoms with Crippen molar-refractivity contribution in [2.24, 2.45) is 11.8 Å². The maximum atomic E-state index is 3.77. The Morgan fingerprint density at radius 2 is 1.93 bits per heavy atom. The Labute approximate surface area is 94.4 Å². The Morgan fingerprint density at radius 3 is 2.47 bits per heavy atom. The molecule has 1 N–H and O–H groups in total. The van der Waals surface area contributed by atoms with Crippen molar-refractivity contribution in [2.45, 2.75) is 45.6 Å². The number of hydrogen-bond acceptors (Lipinski definition) is 2. The summed E-state index contributed by atoms with van der Waals surface area (Å²) in [5.74, 6) is 2.09. The minimum absolute atomic E-state index is 0.860. The molecule has 3 atom stereocenters. The molecule has 0 aliphatic heterocycles. The van der Waals surface area contributed by atoms with Crippen molar-refractivity contribution >= 4 is 0 Å². The lowest BCUT2D eigenvalue weighted by Crippen LogP contribution is -2.39. The quantitative estimate of drug-likeness (QED) is 0.722. The summed E-state index contributed by atoms with van der Waals surface area (Å²) < 4.78 is 0. The molecule has 2 aliphatic rings. The summed E-state index contributed by atoms with van der Waals surface area (Å²) in [5, 5.41) is 3.77. The van der Waals surface area contributed by atoms with E-state index in [0.717, 1.165) is 17.9 Å². The molecule has 0 aromatic heterocycles. The van der Waals surface area contributed by atoms with Gasteiger partial charge < -0.3 is 10.2 Å². The lowest BCUT2D eigenvalue weighted by atomic mass is 9.95. The molecule has 0 aromatic carbocycles. The highest BCUT2D eigenvalue weighted by Gasteiger charge is 2.38. The molecule has 2 rings (SSSR count). The van der Waals surface area contributed by atoms with Gasteiger partial charge in [0.05, 0.1) is 0 Å². The monoisotopic (exact) mass is 210 g/mol. The first-order valence-corrected chi connectivity index (χ1v) is 6.79. The first-order chi connectivity index (χ1) is 7.33. The summed E-state index contributed by atoms with van der Waals surface area (Å²) in [7, 11) is 0. The van der Waals surface area contributed by atoms with Gasteiger partial charge in [-0.3, -0.25) is 0 Å². The number of nitrogens with one attached hydrogen (secondary N) is 1. The molecular formula is C13H26N2. The molecule has 0 saturated heterocycles. The van der Waals surface area contributed by atoms with Gasteiger partial charge >= 0.3 is 0 Å². The van der Waals surface area contributed by atoms with Gasteiger partial charge in [0.1, 0.15) is 0 Å². The zero-order valence-corrected chi connectivity index (χ0v) is 10.3. The number of nitrogens with zero attached hydrogens (tertiary/aromatic N) is 1. The lowest BCUT2D eigenvalue weighted by Gasteiger charge is -2.25. The number of hydrogen-bond donors (Lipinski definition) is 1. The second-order valence-corrected chi connectivity index (χ2v) is 5.26. The van der Waals surface area contributed by atoms with E-state index in [1.807, 2.05) is 0 Å². The summed E-state index contributed by atoms with van der Waals surface area (Å²) in [5.41, 5.74) is 0. The van der Waals surface area contributed by atoms with E-state index in [9.17, 15) is 0 Å². The molecule has 2 aliphatic carbocycles. The highest BCUT2D eigenvalue weighted by molar-refractivity contribution is 4.94. The smallest absolute Gasteiger partial charge is 0.0107 e. The topological polar surface area (TPSA) is 15.3 Å². The lowest BCUT2D eigenvalue weighted by molar-refractivity contribution is 0.279. The van der Waals surface area contributed by atoms with Crippen LogP contribution in [0.3, 0.4) is 0 Å². The third-order valence-corrected chi connectivity index (χ3v) is 4.47. The average molecular weight is 210 g/mol. The summed E-state index contributed by atoms with van der Waals surface area (Å²) in [6.45, 7) is 9.29. The number of rotatable bonds is 6. The van der Waals surface area contributed by atoms with Crippen LogP contribution in [0.2, 0.25) is 0 Å². The molecule has 0 aromatic rings. The Morgan fingerprint density at radius 1 is 1.13 bits per heavy atom. The molecule has 2 bridgehead atoms. The third kappa shape index (κ3) is 2.73. The second kappa shape index (κ2) is 5.31. The van der Waals surface area contributed by atoms with Gasteiger partial charge in [-0.05, 0) is 44.2 Å². The van der Waals surface area contributed by atoms with Crippen molar-refractivity contribution in [1.82, 2.24) is 10.2 Å². The van der Waals surface area contributed by atoms with Crippen molar-refractivity contribution in [2.75, 3.05) is 26.2 Å². The number of likely N-dealkylation sites (N-methyl/N-ethyl adjacent to an activating group) is 1. The van der Waals surface area contributed by atoms with E-state index < -0.39 is 0 Å². The van der Waals surface area contributed by atoms with Crippen molar-refractivity contribution in [3.05, 3.63) is 0 Å². The van der Waals surface area contributed by atoms with Crippen molar-refractivity contribution in [3.8, 4) is 0 Å². The van der Waals surface area contributed by atoms with E-state index in [2.05, 4.69) is 24.1 Å². The van der Waals surface area contributed by atoms with Crippen LogP contribution in [0.5, 0.6) is 0 Å². The SMILES string of the molecule is CCN(CC)CCN[C@@H]1C[C@H]2CC[C@H]1C2. The van der Waals surface area contributed by atoms with Crippen molar-refractivity contribution in [3.63, 3.8) is 0 Å². The van der Waals surface area contributed by atoms with Gasteiger partial charge in [-0.1, -0.05) is 20.3 Å². The average Bonchev–Trinajstić information content (AvgIpc) is 2.86. The molecule has 0 radical (unpaired) electrons. The van der Waals surface area contributed by atoms with Gasteiger partial charge in [0.15, 0.2) is 0 Å². The minimum atomic E-state index is 0.860. The molecule has 0 spiro atoms. The highest BCUT2D eigenvalue weighted by Crippen LogP contribution is 2.44. The molecule has 0 heterocycles. The van der Waals surface area contributed by atoms with Crippen LogP contribution in [-0.2, 0) is 0 Å². The Balaban J connectivity index is 1.62. The molecule has 88 valence electrons. The van der Waals surface area contributed by atoms with Gasteiger partial charge in [-0.2, -0.15) is 0 Å². The Kier molecular flexibility index (Phi) is 4.04. The van der Waals surface area contributed by atoms with Crippen molar-refractivity contribution < 1.29 is 0 Å². The first kappa shape index (κ1) is 11.4. The molecule has 2 heteroatoms. The summed E-state index contributed by atoms with van der Waals surface area (Å²) in [4.78, 5) is 2.50. The van der Waals surface area contributed by atoms with Crippen LogP contribution in [0.1, 0.15) is 39.5 Å². The van der Waals surface area contributed by atoms with Crippen LogP contribution in [0.4, 0.5) is 0 Å². The molecule has 15 heavy (non-hydrogen) atoms. The van der Waals surface area contributed by atoms with E-state index in [0.29, 0.717) is 0 Å². The standard InChI is InChI=1S/C13H26N2/c1-3-15(4-2)8-7-14-13-10-11-5-6-12(13)9-11/h11-14H,3-10H2,1-2H3/t11-,12-,13+/m0/s1. The van der Waals surface area contributed by atoms with Crippen LogP contribution < -0.4 is 5.32 Å². The molecule has 0 unspecified atom stereocenters. The Bertz CT molecular complexity index is 189. The Hall–Kier alpha value is -0.0800. The maximum Gasteiger partial charge on any atom is 0.0107 e. The van der Waals surface area contributed by atoms with Gasteiger partial charge in [0, 0.05) is 19.1 Å². The summed E-state index contributed by atoms with van der Waals surface area (Å²) in [6.07, 6.45) is 5.98. The third-order valence-electron chi connectivity index (χ3n) is 4.47. The van der Waals surface area contributed by atoms with Gasteiger partial charge in [-0.25, -0.2) is 0 Å². The molecule has 2 nitrogen and oxygen atoms in total. The fourth-order valence-corrected chi connectivity index (χ4v) is 3.44. The first-order valence-electron chi connectivity index (χ1n) is 6.79. The van der Waals surface area contributed by atoms with E-state index in [1.165, 1.54) is 51.9 Å². The fraction of sp³-hybridized carbons (Fsp3) is 1.00. The van der Waals surface area contributed by atoms with Crippen LogP contribution >= 0.6 is 0 Å². The molecule has 0 amide bonds. The molecule has 2 saturated carbocycles. The normalized spacial score (nSPS) is 34.2. The molecule has 2 fully saturated rings. The zero-order chi connectivity index (χ0) is 10.7. The minimum Gasteiger partial charge on any atom is -0.312 e. The predicted molar refractivity (Wildman–Crippen MR) is 65.0 cm³/mol. The van der Waals surface area contributed by atoms with Crippen LogP contribution in [0, 0.1) is 11.8 Å². The van der Waals surface area contributed by atoms with Gasteiger partial charge in [0.25, 0.3) is 0 Å². The van der Waals surface area contributed by atoms with E-state index >= 15 is 0 Å². The van der Waals surface area contributed by atoms with Gasteiger partial charge in [-0.15, -0.1) is 0 Å². The fourth-order valence-electron chi connectivity index (χ4n) is 3.44. The highest BCUT2D eigenvalue weighted by atomic mass is 15.1. The van der Waals surface area contributed by atoms with Crippen LogP contribution in [0.25, 0.3) is 0 Å². The van der Waals surface area contributed by atoms with Crippen LogP contribution in [-0.4, -0.2) is 37.1 Å². The maximum absolute atomic E-state index is 3.77. The summed E-state index contributed by atoms with van der Waals surface area (Å²) >= 11 is 0. The predicted octanol–water partition coefficient (Wildman–Crippen LogP) is 2.11. The summed E-state index contributed by atoms with van der Waals surface area (Å²) in [6, 6.07) is 0.860. The van der Waals surface area contributed by atoms with E-state index in [1.54, 1.807) is 0 Å². The van der Waals surface area contributed by atoms with Gasteiger partial charge in [0.2, 0.25) is 0 Å². The molecular weight excluding hydrogens is 184 g/mol. The second-order valence-electron chi connectivity index (χ2n) is 5.26. The van der Waals surface area contributed by atoms with Crippen molar-refractivity contribution in [1.29, 1.82) is 0 Å². The van der Waals surface area contributed by atoms with E-state index in [4.69, 9.17) is 0 Å². The zero-order valence-electron chi connectivity index (χ0n) is 10.3. The van der Waals surface area contributed by atoms with Crippen LogP contribution in [0.15, 0.2) is 0 Å².